The van der Waals surface area contributed by atoms with Gasteiger partial charge in [0, 0.05) is 17.5 Å². The van der Waals surface area contributed by atoms with Gasteiger partial charge in [-0.1, -0.05) is 56.2 Å². The second-order valence-electron chi connectivity index (χ2n) is 9.47. The molecule has 1 amide bonds. The number of rotatable bonds is 12. The van der Waals surface area contributed by atoms with Crippen LogP contribution in [0.1, 0.15) is 60.6 Å². The Labute approximate surface area is 238 Å². The molecule has 3 aromatic carbocycles. The second-order valence-corrected chi connectivity index (χ2v) is 9.47. The summed E-state index contributed by atoms with van der Waals surface area (Å²) in [6.45, 7) is 4.58. The van der Waals surface area contributed by atoms with Crippen LogP contribution >= 0.6 is 0 Å². The van der Waals surface area contributed by atoms with E-state index in [0.717, 1.165) is 30.4 Å². The molecular weight excluding hydrogens is 522 g/mol. The van der Waals surface area contributed by atoms with Crippen LogP contribution in [0.3, 0.4) is 0 Å². The van der Waals surface area contributed by atoms with Gasteiger partial charge in [-0.3, -0.25) is 4.79 Å². The minimum absolute atomic E-state index is 0.110. The maximum atomic E-state index is 12.8. The number of methoxy groups -OCH3 is 1. The summed E-state index contributed by atoms with van der Waals surface area (Å²) in [5, 5.41) is 3.33. The van der Waals surface area contributed by atoms with Gasteiger partial charge < -0.3 is 23.9 Å². The van der Waals surface area contributed by atoms with Crippen molar-refractivity contribution in [3.63, 3.8) is 0 Å². The number of ether oxygens (including phenoxy) is 3. The molecule has 0 bridgehead atoms. The smallest absolute Gasteiger partial charge is 0.349 e. The number of esters is 1. The van der Waals surface area contributed by atoms with Crippen molar-refractivity contribution in [1.29, 1.82) is 0 Å². The lowest BCUT2D eigenvalue weighted by atomic mass is 10.1. The van der Waals surface area contributed by atoms with E-state index in [4.69, 9.17) is 18.6 Å². The molecule has 0 radical (unpaired) electrons. The van der Waals surface area contributed by atoms with E-state index in [1.54, 1.807) is 37.5 Å². The average molecular weight is 556 g/mol. The summed E-state index contributed by atoms with van der Waals surface area (Å²) in [4.78, 5) is 37.8. The molecule has 0 saturated carbocycles. The first-order valence-corrected chi connectivity index (χ1v) is 13.5. The molecule has 41 heavy (non-hydrogen) atoms. The van der Waals surface area contributed by atoms with Crippen LogP contribution in [0, 0.1) is 0 Å². The predicted octanol–water partition coefficient (Wildman–Crippen LogP) is 6.48. The first-order chi connectivity index (χ1) is 19.9. The fraction of sp³-hybridized carbons (Fsp3) is 0.242. The van der Waals surface area contributed by atoms with E-state index in [2.05, 4.69) is 12.2 Å². The topological polar surface area (TPSA) is 104 Å². The standard InChI is InChI=1S/C33H33NO7/c1-4-5-9-18-39-28-16-12-23(19-30(28)38-3)13-17-31(35)40-26-15-14-25-20-27(33(37)41-29(25)21-26)32(36)34-22(2)24-10-7-6-8-11-24/h6-8,10-17,19-22H,4-5,9,18H2,1-3H3,(H,34,36)/b17-13+. The van der Waals surface area contributed by atoms with Gasteiger partial charge in [0.2, 0.25) is 0 Å². The second kappa shape index (κ2) is 14.0. The number of benzene rings is 3. The molecule has 1 atom stereocenters. The van der Waals surface area contributed by atoms with Crippen molar-refractivity contribution in [3.05, 3.63) is 106 Å². The zero-order valence-electron chi connectivity index (χ0n) is 23.3. The number of nitrogens with one attached hydrogen (secondary N) is 1. The minimum Gasteiger partial charge on any atom is -0.493 e. The van der Waals surface area contributed by atoms with Crippen LogP contribution in [0.4, 0.5) is 0 Å². The van der Waals surface area contributed by atoms with Gasteiger partial charge in [0.1, 0.15) is 16.9 Å². The van der Waals surface area contributed by atoms with Gasteiger partial charge in [-0.05, 0) is 60.9 Å². The highest BCUT2D eigenvalue weighted by atomic mass is 16.5. The van der Waals surface area contributed by atoms with E-state index in [-0.39, 0.29) is 22.9 Å². The van der Waals surface area contributed by atoms with E-state index in [0.29, 0.717) is 23.5 Å². The molecule has 0 aliphatic carbocycles. The Hall–Kier alpha value is -4.85. The van der Waals surface area contributed by atoms with Gasteiger partial charge in [0.05, 0.1) is 19.8 Å². The molecule has 0 aliphatic heterocycles. The van der Waals surface area contributed by atoms with Crippen molar-refractivity contribution in [2.24, 2.45) is 0 Å². The van der Waals surface area contributed by atoms with Crippen molar-refractivity contribution >= 4 is 28.9 Å². The lowest BCUT2D eigenvalue weighted by Crippen LogP contribution is -2.30. The SMILES string of the molecule is CCCCCOc1ccc(/C=C/C(=O)Oc2ccc3cc(C(=O)NC(C)c4ccccc4)c(=O)oc3c2)cc1OC. The van der Waals surface area contributed by atoms with Gasteiger partial charge in [0.15, 0.2) is 11.5 Å². The van der Waals surface area contributed by atoms with E-state index >= 15 is 0 Å². The van der Waals surface area contributed by atoms with E-state index in [9.17, 15) is 14.4 Å². The van der Waals surface area contributed by atoms with Crippen LogP contribution < -0.4 is 25.2 Å². The van der Waals surface area contributed by atoms with Crippen LogP contribution in [0.2, 0.25) is 0 Å². The minimum atomic E-state index is -0.787. The molecule has 4 rings (SSSR count). The third kappa shape index (κ3) is 7.85. The Kier molecular flexibility index (Phi) is 9.94. The Bertz CT molecular complexity index is 1590. The predicted molar refractivity (Wildman–Crippen MR) is 157 cm³/mol. The van der Waals surface area contributed by atoms with E-state index in [1.165, 1.54) is 18.2 Å². The molecule has 1 aromatic heterocycles. The highest BCUT2D eigenvalue weighted by Crippen LogP contribution is 2.29. The number of amides is 1. The molecule has 0 aliphatic rings. The normalized spacial score (nSPS) is 11.8. The van der Waals surface area contributed by atoms with Crippen molar-refractivity contribution < 1.29 is 28.2 Å². The molecule has 212 valence electrons. The number of fused-ring (bicyclic) bond motifs is 1. The fourth-order valence-corrected chi connectivity index (χ4v) is 4.17. The molecule has 1 N–H and O–H groups in total. The first-order valence-electron chi connectivity index (χ1n) is 13.5. The van der Waals surface area contributed by atoms with Gasteiger partial charge in [-0.25, -0.2) is 9.59 Å². The first kappa shape index (κ1) is 29.1. The molecule has 8 heteroatoms. The Morgan fingerprint density at radius 1 is 0.976 bits per heavy atom. The van der Waals surface area contributed by atoms with Crippen LogP contribution in [-0.4, -0.2) is 25.6 Å². The quantitative estimate of drug-likeness (QED) is 0.0701. The molecular formula is C33H33NO7. The summed E-state index contributed by atoms with van der Waals surface area (Å²) in [7, 11) is 1.56. The summed E-state index contributed by atoms with van der Waals surface area (Å²) in [6.07, 6.45) is 6.08. The van der Waals surface area contributed by atoms with E-state index < -0.39 is 17.5 Å². The number of carbonyl (C=O) groups is 2. The molecule has 0 fully saturated rings. The maximum absolute atomic E-state index is 12.8. The van der Waals surface area contributed by atoms with Crippen LogP contribution in [0.25, 0.3) is 17.0 Å². The summed E-state index contributed by atoms with van der Waals surface area (Å²) in [5.74, 6) is 0.261. The summed E-state index contributed by atoms with van der Waals surface area (Å²) in [5.41, 5.74) is 0.938. The zero-order chi connectivity index (χ0) is 29.2. The van der Waals surface area contributed by atoms with Crippen molar-refractivity contribution in [3.8, 4) is 17.2 Å². The number of unbranched alkanes of at least 4 members (excludes halogenated alkanes) is 2. The average Bonchev–Trinajstić information content (AvgIpc) is 2.98. The largest absolute Gasteiger partial charge is 0.493 e. The highest BCUT2D eigenvalue weighted by molar-refractivity contribution is 5.97. The summed E-state index contributed by atoms with van der Waals surface area (Å²) >= 11 is 0. The van der Waals surface area contributed by atoms with Crippen molar-refractivity contribution in [1.82, 2.24) is 5.32 Å². The maximum Gasteiger partial charge on any atom is 0.349 e. The monoisotopic (exact) mass is 555 g/mol. The number of hydrogen-bond acceptors (Lipinski definition) is 7. The number of carbonyl (C=O) groups excluding carboxylic acids is 2. The van der Waals surface area contributed by atoms with Crippen LogP contribution in [0.5, 0.6) is 17.2 Å². The van der Waals surface area contributed by atoms with Gasteiger partial charge >= 0.3 is 11.6 Å². The van der Waals surface area contributed by atoms with Crippen molar-refractivity contribution in [2.75, 3.05) is 13.7 Å². The Morgan fingerprint density at radius 2 is 1.78 bits per heavy atom. The molecule has 1 heterocycles. The number of hydrogen-bond donors (Lipinski definition) is 1. The Balaban J connectivity index is 1.40. The molecule has 8 nitrogen and oxygen atoms in total. The highest BCUT2D eigenvalue weighted by Gasteiger charge is 2.17. The molecule has 4 aromatic rings. The molecule has 0 spiro atoms. The van der Waals surface area contributed by atoms with Gasteiger partial charge in [-0.2, -0.15) is 0 Å². The molecule has 0 saturated heterocycles. The Morgan fingerprint density at radius 3 is 2.54 bits per heavy atom. The van der Waals surface area contributed by atoms with Crippen LogP contribution in [0.15, 0.2) is 88.1 Å². The zero-order valence-corrected chi connectivity index (χ0v) is 23.3. The van der Waals surface area contributed by atoms with Gasteiger partial charge in [0.25, 0.3) is 5.91 Å². The summed E-state index contributed by atoms with van der Waals surface area (Å²) in [6, 6.07) is 20.6. The molecule has 1 unspecified atom stereocenters. The van der Waals surface area contributed by atoms with E-state index in [1.807, 2.05) is 43.3 Å². The third-order valence-corrected chi connectivity index (χ3v) is 6.42. The summed E-state index contributed by atoms with van der Waals surface area (Å²) < 4.78 is 22.0. The van der Waals surface area contributed by atoms with Crippen molar-refractivity contribution in [2.45, 2.75) is 39.2 Å². The van der Waals surface area contributed by atoms with Gasteiger partial charge in [-0.15, -0.1) is 0 Å². The van der Waals surface area contributed by atoms with Crippen LogP contribution in [-0.2, 0) is 4.79 Å². The lowest BCUT2D eigenvalue weighted by molar-refractivity contribution is -0.128. The lowest BCUT2D eigenvalue weighted by Gasteiger charge is -2.14. The fourth-order valence-electron chi connectivity index (χ4n) is 4.17. The third-order valence-electron chi connectivity index (χ3n) is 6.42.